The SMILES string of the molecule is COc1cc(-c2cn(C)c(=O)c3cnccc23)cc(OC)c1CN(C)CCCCNC1CCCN(c2ccc3c(c2)C(=O)N(C2CCC(=O)NC2=O)C3=O)C1. The molecule has 3 aliphatic rings. The van der Waals surface area contributed by atoms with Crippen LogP contribution in [0.15, 0.2) is 59.8 Å². The largest absolute Gasteiger partial charge is 0.496 e. The van der Waals surface area contributed by atoms with Crippen molar-refractivity contribution in [3.63, 3.8) is 0 Å². The fourth-order valence-electron chi connectivity index (χ4n) is 8.03. The number of carbonyl (C=O) groups excluding carboxylic acids is 4. The molecule has 4 amide bonds. The molecule has 0 saturated carbocycles. The number of anilines is 1. The number of nitrogens with one attached hydrogen (secondary N) is 2. The first-order chi connectivity index (χ1) is 26.6. The zero-order chi connectivity index (χ0) is 38.8. The number of unbranched alkanes of at least 4 members (excludes halogenated alkanes) is 1. The van der Waals surface area contributed by atoms with Crippen molar-refractivity contribution in [2.24, 2.45) is 7.05 Å². The van der Waals surface area contributed by atoms with Crippen LogP contribution in [0, 0.1) is 0 Å². The molecule has 5 heterocycles. The van der Waals surface area contributed by atoms with Crippen LogP contribution in [0.3, 0.4) is 0 Å². The second-order valence-electron chi connectivity index (χ2n) is 14.6. The minimum Gasteiger partial charge on any atom is -0.496 e. The average Bonchev–Trinajstić information content (AvgIpc) is 3.44. The van der Waals surface area contributed by atoms with Gasteiger partial charge in [-0.1, -0.05) is 0 Å². The molecule has 2 aromatic heterocycles. The number of ether oxygens (including phenoxy) is 2. The third kappa shape index (κ3) is 7.56. The van der Waals surface area contributed by atoms with Crippen LogP contribution in [0.4, 0.5) is 5.69 Å². The molecule has 2 atom stereocenters. The average molecular weight is 750 g/mol. The van der Waals surface area contributed by atoms with Gasteiger partial charge in [0.05, 0.1) is 36.3 Å². The molecule has 14 heteroatoms. The smallest absolute Gasteiger partial charge is 0.262 e. The second-order valence-corrected chi connectivity index (χ2v) is 14.6. The fourth-order valence-corrected chi connectivity index (χ4v) is 8.03. The van der Waals surface area contributed by atoms with Crippen molar-refractivity contribution in [3.8, 4) is 22.6 Å². The number of piperidine rings is 2. The summed E-state index contributed by atoms with van der Waals surface area (Å²) in [6.07, 6.45) is 9.37. The second kappa shape index (κ2) is 16.0. The highest BCUT2D eigenvalue weighted by Crippen LogP contribution is 2.38. The van der Waals surface area contributed by atoms with E-state index in [2.05, 4.69) is 32.5 Å². The lowest BCUT2D eigenvalue weighted by Crippen LogP contribution is -2.54. The lowest BCUT2D eigenvalue weighted by Gasteiger charge is -2.35. The molecule has 0 bridgehead atoms. The Hall–Kier alpha value is -5.60. The summed E-state index contributed by atoms with van der Waals surface area (Å²) in [6.45, 7) is 4.00. The van der Waals surface area contributed by atoms with E-state index < -0.39 is 29.7 Å². The number of methoxy groups -OCH3 is 2. The highest BCUT2D eigenvalue weighted by Gasteiger charge is 2.44. The number of nitrogens with zero attached hydrogens (tertiary/aromatic N) is 5. The van der Waals surface area contributed by atoms with Crippen LogP contribution in [-0.2, 0) is 23.2 Å². The molecule has 0 aliphatic carbocycles. The van der Waals surface area contributed by atoms with Crippen molar-refractivity contribution in [1.29, 1.82) is 0 Å². The van der Waals surface area contributed by atoms with Gasteiger partial charge in [0.25, 0.3) is 17.4 Å². The zero-order valence-electron chi connectivity index (χ0n) is 31.7. The van der Waals surface area contributed by atoms with Crippen LogP contribution in [-0.4, -0.2) is 103 Å². The fraction of sp³-hybridized carbons (Fsp3) is 0.415. The first-order valence-corrected chi connectivity index (χ1v) is 18.8. The summed E-state index contributed by atoms with van der Waals surface area (Å²) in [7, 11) is 7.14. The normalized spacial score (nSPS) is 18.6. The van der Waals surface area contributed by atoms with E-state index in [1.807, 2.05) is 30.5 Å². The molecule has 288 valence electrons. The predicted octanol–water partition coefficient (Wildman–Crippen LogP) is 3.49. The Morgan fingerprint density at radius 3 is 2.44 bits per heavy atom. The first-order valence-electron chi connectivity index (χ1n) is 18.8. The number of imide groups is 2. The van der Waals surface area contributed by atoms with Crippen LogP contribution < -0.4 is 30.6 Å². The van der Waals surface area contributed by atoms with Gasteiger partial charge in [-0.3, -0.25) is 39.2 Å². The van der Waals surface area contributed by atoms with Crippen LogP contribution in [0.2, 0.25) is 0 Å². The Morgan fingerprint density at radius 2 is 1.69 bits per heavy atom. The maximum Gasteiger partial charge on any atom is 0.262 e. The third-order valence-corrected chi connectivity index (χ3v) is 10.9. The van der Waals surface area contributed by atoms with Gasteiger partial charge in [0.15, 0.2) is 0 Å². The lowest BCUT2D eigenvalue weighted by molar-refractivity contribution is -0.136. The maximum atomic E-state index is 13.4. The monoisotopic (exact) mass is 749 g/mol. The van der Waals surface area contributed by atoms with Gasteiger partial charge in [0, 0.05) is 69.0 Å². The number of aryl methyl sites for hydroxylation is 1. The number of hydrogen-bond donors (Lipinski definition) is 2. The third-order valence-electron chi connectivity index (χ3n) is 10.9. The van der Waals surface area contributed by atoms with E-state index in [1.54, 1.807) is 50.4 Å². The molecule has 2 N–H and O–H groups in total. The number of carbonyl (C=O) groups is 4. The Bertz CT molecular complexity index is 2190. The molecule has 0 radical (unpaired) electrons. The minimum absolute atomic E-state index is 0.0885. The molecule has 4 aromatic rings. The highest BCUT2D eigenvalue weighted by molar-refractivity contribution is 6.23. The van der Waals surface area contributed by atoms with E-state index in [-0.39, 0.29) is 30.0 Å². The van der Waals surface area contributed by atoms with Crippen LogP contribution >= 0.6 is 0 Å². The number of fused-ring (bicyclic) bond motifs is 2. The van der Waals surface area contributed by atoms with Gasteiger partial charge in [-0.25, -0.2) is 0 Å². The van der Waals surface area contributed by atoms with Crippen molar-refractivity contribution in [1.82, 2.24) is 30.0 Å². The molecule has 2 saturated heterocycles. The molecule has 7 rings (SSSR count). The molecule has 2 fully saturated rings. The van der Waals surface area contributed by atoms with Gasteiger partial charge in [0.1, 0.15) is 17.5 Å². The lowest BCUT2D eigenvalue weighted by atomic mass is 9.99. The number of benzene rings is 2. The summed E-state index contributed by atoms with van der Waals surface area (Å²) in [5.74, 6) is -0.561. The number of aromatic nitrogens is 2. The summed E-state index contributed by atoms with van der Waals surface area (Å²) < 4.78 is 13.3. The van der Waals surface area contributed by atoms with Gasteiger partial charge in [-0.2, -0.15) is 0 Å². The topological polar surface area (TPSA) is 155 Å². The van der Waals surface area contributed by atoms with E-state index in [0.717, 1.165) is 84.5 Å². The minimum atomic E-state index is -0.978. The summed E-state index contributed by atoms with van der Waals surface area (Å²) in [6, 6.07) is 10.5. The van der Waals surface area contributed by atoms with Crippen LogP contribution in [0.5, 0.6) is 11.5 Å². The molecule has 3 aliphatic heterocycles. The van der Waals surface area contributed by atoms with E-state index in [1.165, 1.54) is 0 Å². The maximum absolute atomic E-state index is 13.4. The van der Waals surface area contributed by atoms with Gasteiger partial charge in [-0.15, -0.1) is 0 Å². The standard InChI is InChI=1S/C41H47N7O7/c1-45(23-33-35(54-3)18-25(19-36(33)55-4)32-24-46(2)39(51)31-21-42-15-13-28(31)32)16-6-5-14-43-26-8-7-17-47(22-26)27-9-10-29-30(20-27)41(53)48(40(29)52)34-11-12-37(49)44-38(34)50/h9-10,13,15,18-21,24,26,34,43H,5-8,11-12,14,16-17,22-23H2,1-4H3,(H,44,49,50). The summed E-state index contributed by atoms with van der Waals surface area (Å²) in [4.78, 5) is 73.0. The Morgan fingerprint density at radius 1 is 0.927 bits per heavy atom. The van der Waals surface area contributed by atoms with Crippen molar-refractivity contribution in [3.05, 3.63) is 82.0 Å². The van der Waals surface area contributed by atoms with Gasteiger partial charge in [0.2, 0.25) is 11.8 Å². The van der Waals surface area contributed by atoms with Crippen LogP contribution in [0.25, 0.3) is 21.9 Å². The number of pyridine rings is 2. The number of hydrogen-bond acceptors (Lipinski definition) is 11. The summed E-state index contributed by atoms with van der Waals surface area (Å²) in [5, 5.41) is 7.34. The van der Waals surface area contributed by atoms with Gasteiger partial charge >= 0.3 is 0 Å². The van der Waals surface area contributed by atoms with Crippen LogP contribution in [0.1, 0.15) is 64.8 Å². The van der Waals surface area contributed by atoms with Crippen molar-refractivity contribution in [2.75, 3.05) is 52.3 Å². The molecule has 2 unspecified atom stereocenters. The van der Waals surface area contributed by atoms with Gasteiger partial charge < -0.3 is 29.2 Å². The molecule has 2 aromatic carbocycles. The Kier molecular flexibility index (Phi) is 11.0. The van der Waals surface area contributed by atoms with E-state index >= 15 is 0 Å². The Balaban J connectivity index is 0.919. The Labute approximate surface area is 319 Å². The van der Waals surface area contributed by atoms with Crippen molar-refractivity contribution >= 4 is 40.1 Å². The number of rotatable bonds is 13. The van der Waals surface area contributed by atoms with E-state index in [4.69, 9.17) is 9.47 Å². The highest BCUT2D eigenvalue weighted by atomic mass is 16.5. The first kappa shape index (κ1) is 37.7. The predicted molar refractivity (Wildman–Crippen MR) is 207 cm³/mol. The van der Waals surface area contributed by atoms with E-state index in [0.29, 0.717) is 29.0 Å². The molecular formula is C41H47N7O7. The molecule has 14 nitrogen and oxygen atoms in total. The van der Waals surface area contributed by atoms with Gasteiger partial charge in [-0.05, 0) is 99.6 Å². The molecule has 55 heavy (non-hydrogen) atoms. The van der Waals surface area contributed by atoms with Crippen molar-refractivity contribution in [2.45, 2.75) is 57.2 Å². The molecular weight excluding hydrogens is 702 g/mol. The number of amides is 4. The van der Waals surface area contributed by atoms with Crippen molar-refractivity contribution < 1.29 is 28.7 Å². The summed E-state index contributed by atoms with van der Waals surface area (Å²) in [5.41, 5.74) is 4.09. The quantitative estimate of drug-likeness (QED) is 0.153. The zero-order valence-corrected chi connectivity index (χ0v) is 31.7. The van der Waals surface area contributed by atoms with E-state index in [9.17, 15) is 24.0 Å². The summed E-state index contributed by atoms with van der Waals surface area (Å²) >= 11 is 0. The molecule has 0 spiro atoms.